The summed E-state index contributed by atoms with van der Waals surface area (Å²) >= 11 is 0. The first-order valence-electron chi connectivity index (χ1n) is 12.6. The van der Waals surface area contributed by atoms with Crippen molar-refractivity contribution in [1.82, 2.24) is 35.0 Å². The minimum Gasteiger partial charge on any atom is -0.356 e. The molecule has 0 aliphatic carbocycles. The molecule has 10 heteroatoms. The summed E-state index contributed by atoms with van der Waals surface area (Å²) in [6.45, 7) is 3.85. The highest BCUT2D eigenvalue weighted by Gasteiger charge is 2.34. The average Bonchev–Trinajstić information content (AvgIpc) is 3.58. The molecule has 0 unspecified atom stereocenters. The number of amides is 2. The van der Waals surface area contributed by atoms with Crippen LogP contribution in [-0.4, -0.2) is 55.6 Å². The second-order valence-electron chi connectivity index (χ2n) is 9.55. The van der Waals surface area contributed by atoms with E-state index in [0.717, 1.165) is 65.9 Å². The van der Waals surface area contributed by atoms with Crippen LogP contribution < -0.4 is 15.5 Å². The van der Waals surface area contributed by atoms with Gasteiger partial charge >= 0.3 is 6.03 Å². The first-order valence-corrected chi connectivity index (χ1v) is 12.6. The summed E-state index contributed by atoms with van der Waals surface area (Å²) in [7, 11) is 1.88. The van der Waals surface area contributed by atoms with Crippen molar-refractivity contribution >= 4 is 17.4 Å². The van der Waals surface area contributed by atoms with E-state index >= 15 is 0 Å². The van der Waals surface area contributed by atoms with Gasteiger partial charge in [0.1, 0.15) is 11.9 Å². The minimum atomic E-state index is -0.261. The van der Waals surface area contributed by atoms with Gasteiger partial charge in [-0.1, -0.05) is 12.8 Å². The van der Waals surface area contributed by atoms with Crippen molar-refractivity contribution in [2.75, 3.05) is 24.5 Å². The largest absolute Gasteiger partial charge is 0.356 e. The predicted molar refractivity (Wildman–Crippen MR) is 145 cm³/mol. The highest BCUT2D eigenvalue weighted by molar-refractivity contribution is 5.87. The number of hydrogen-bond acceptors (Lipinski definition) is 6. The SMILES string of the molecule is C#CCNC(=O)NC1(CC)CCN(c2ccc(-c3cc(-c4cnn(C)c4)cn4ncc(C#N)c34)cn2)CC1. The Labute approximate surface area is 221 Å². The first kappa shape index (κ1) is 24.8. The van der Waals surface area contributed by atoms with Crippen LogP contribution in [0.15, 0.2) is 49.2 Å². The predicted octanol–water partition coefficient (Wildman–Crippen LogP) is 3.35. The van der Waals surface area contributed by atoms with Gasteiger partial charge in [-0.05, 0) is 37.5 Å². The molecule has 1 fully saturated rings. The fourth-order valence-corrected chi connectivity index (χ4v) is 5.03. The molecule has 0 aromatic carbocycles. The van der Waals surface area contributed by atoms with E-state index in [4.69, 9.17) is 11.4 Å². The molecule has 5 heterocycles. The molecule has 0 spiro atoms. The summed E-state index contributed by atoms with van der Waals surface area (Å²) in [5, 5.41) is 24.2. The number of urea groups is 1. The van der Waals surface area contributed by atoms with Gasteiger partial charge in [-0.3, -0.25) is 4.68 Å². The summed E-state index contributed by atoms with van der Waals surface area (Å²) in [5.41, 5.74) is 4.68. The van der Waals surface area contributed by atoms with Crippen molar-refractivity contribution in [3.63, 3.8) is 0 Å². The van der Waals surface area contributed by atoms with Crippen molar-refractivity contribution in [3.8, 4) is 40.7 Å². The highest BCUT2D eigenvalue weighted by atomic mass is 16.2. The maximum Gasteiger partial charge on any atom is 0.315 e. The lowest BCUT2D eigenvalue weighted by atomic mass is 9.85. The van der Waals surface area contributed by atoms with Gasteiger partial charge < -0.3 is 15.5 Å². The summed E-state index contributed by atoms with van der Waals surface area (Å²) in [6, 6.07) is 8.13. The number of piperidine rings is 1. The molecule has 2 amide bonds. The maximum absolute atomic E-state index is 12.2. The Bertz CT molecular complexity index is 1540. The Morgan fingerprint density at radius 2 is 1.95 bits per heavy atom. The smallest absolute Gasteiger partial charge is 0.315 e. The van der Waals surface area contributed by atoms with Crippen molar-refractivity contribution in [2.45, 2.75) is 31.7 Å². The molecule has 0 saturated carbocycles. The molecule has 10 nitrogen and oxygen atoms in total. The van der Waals surface area contributed by atoms with E-state index in [0.29, 0.717) is 5.56 Å². The number of hydrogen-bond donors (Lipinski definition) is 2. The van der Waals surface area contributed by atoms with Crippen LogP contribution in [-0.2, 0) is 7.05 Å². The molecule has 0 radical (unpaired) electrons. The third-order valence-electron chi connectivity index (χ3n) is 7.28. The van der Waals surface area contributed by atoms with E-state index in [1.165, 1.54) is 0 Å². The van der Waals surface area contributed by atoms with Crippen LogP contribution in [0.1, 0.15) is 31.7 Å². The van der Waals surface area contributed by atoms with Crippen LogP contribution >= 0.6 is 0 Å². The number of rotatable bonds is 6. The standard InChI is InChI=1S/C28H29N9O/c1-4-10-30-27(38)34-28(5-2)8-11-36(12-9-28)25-7-6-20(15-31-25)24-13-21(23-17-32-35(3)18-23)19-37-26(24)22(14-29)16-33-37/h1,6-7,13,15-19H,5,8-12H2,2-3H3,(H2,30,34,38). The molecule has 192 valence electrons. The van der Waals surface area contributed by atoms with E-state index in [9.17, 15) is 10.1 Å². The zero-order valence-electron chi connectivity index (χ0n) is 21.5. The topological polar surface area (TPSA) is 116 Å². The normalized spacial score (nSPS) is 14.6. The van der Waals surface area contributed by atoms with Crippen LogP contribution in [0.3, 0.4) is 0 Å². The van der Waals surface area contributed by atoms with Crippen molar-refractivity contribution in [3.05, 3.63) is 54.7 Å². The van der Waals surface area contributed by atoms with E-state index in [2.05, 4.69) is 50.7 Å². The molecule has 1 aliphatic rings. The Balaban J connectivity index is 1.38. The lowest BCUT2D eigenvalue weighted by Gasteiger charge is -2.42. The molecule has 0 bridgehead atoms. The fraction of sp³-hybridized carbons (Fsp3) is 0.321. The monoisotopic (exact) mass is 507 g/mol. The van der Waals surface area contributed by atoms with E-state index in [1.54, 1.807) is 21.6 Å². The maximum atomic E-state index is 12.2. The van der Waals surface area contributed by atoms with Gasteiger partial charge in [0, 0.05) is 66.5 Å². The summed E-state index contributed by atoms with van der Waals surface area (Å²) in [6.07, 6.45) is 16.8. The van der Waals surface area contributed by atoms with Gasteiger partial charge in [-0.2, -0.15) is 15.5 Å². The van der Waals surface area contributed by atoms with Crippen LogP contribution in [0.4, 0.5) is 10.6 Å². The van der Waals surface area contributed by atoms with Crippen molar-refractivity contribution in [2.24, 2.45) is 7.05 Å². The first-order chi connectivity index (χ1) is 18.4. The number of carbonyl (C=O) groups excluding carboxylic acids is 1. The Morgan fingerprint density at radius 3 is 2.58 bits per heavy atom. The lowest BCUT2D eigenvalue weighted by molar-refractivity contribution is 0.209. The number of terminal acetylenes is 1. The van der Waals surface area contributed by atoms with Crippen LogP contribution in [0.25, 0.3) is 27.8 Å². The number of carbonyl (C=O) groups is 1. The average molecular weight is 508 g/mol. The molecule has 0 atom stereocenters. The molecule has 2 N–H and O–H groups in total. The molecular weight excluding hydrogens is 478 g/mol. The molecule has 1 aliphatic heterocycles. The van der Waals surface area contributed by atoms with Gasteiger partial charge in [0.15, 0.2) is 0 Å². The number of aryl methyl sites for hydroxylation is 1. The van der Waals surface area contributed by atoms with Crippen LogP contribution in [0.2, 0.25) is 0 Å². The number of nitrogens with zero attached hydrogens (tertiary/aromatic N) is 7. The van der Waals surface area contributed by atoms with Crippen LogP contribution in [0, 0.1) is 23.7 Å². The molecule has 5 rings (SSSR count). The second-order valence-corrected chi connectivity index (χ2v) is 9.55. The van der Waals surface area contributed by atoms with Gasteiger partial charge in [0.25, 0.3) is 0 Å². The fourth-order valence-electron chi connectivity index (χ4n) is 5.03. The summed E-state index contributed by atoms with van der Waals surface area (Å²) in [4.78, 5) is 19.2. The number of anilines is 1. The Hall–Kier alpha value is -4.83. The number of nitrogens with one attached hydrogen (secondary N) is 2. The van der Waals surface area contributed by atoms with Gasteiger partial charge in [0.2, 0.25) is 0 Å². The van der Waals surface area contributed by atoms with E-state index in [-0.39, 0.29) is 18.1 Å². The number of aromatic nitrogens is 5. The zero-order valence-corrected chi connectivity index (χ0v) is 21.5. The molecule has 1 saturated heterocycles. The molecule has 4 aromatic rings. The van der Waals surface area contributed by atoms with Gasteiger partial charge in [-0.25, -0.2) is 14.3 Å². The third-order valence-corrected chi connectivity index (χ3v) is 7.28. The Morgan fingerprint density at radius 1 is 1.13 bits per heavy atom. The summed E-state index contributed by atoms with van der Waals surface area (Å²) in [5.74, 6) is 3.30. The second kappa shape index (κ2) is 10.3. The van der Waals surface area contributed by atoms with Crippen molar-refractivity contribution < 1.29 is 4.79 Å². The molecular formula is C28H29N9O. The Kier molecular flexibility index (Phi) is 6.71. The summed E-state index contributed by atoms with van der Waals surface area (Å²) < 4.78 is 3.50. The minimum absolute atomic E-state index is 0.209. The lowest BCUT2D eigenvalue weighted by Crippen LogP contribution is -2.57. The number of nitriles is 1. The van der Waals surface area contributed by atoms with Gasteiger partial charge in [0.05, 0.1) is 30.0 Å². The third kappa shape index (κ3) is 4.76. The van der Waals surface area contributed by atoms with E-state index < -0.39 is 0 Å². The molecule has 4 aromatic heterocycles. The van der Waals surface area contributed by atoms with Crippen LogP contribution in [0.5, 0.6) is 0 Å². The number of fused-ring (bicyclic) bond motifs is 1. The van der Waals surface area contributed by atoms with Crippen molar-refractivity contribution in [1.29, 1.82) is 5.26 Å². The highest BCUT2D eigenvalue weighted by Crippen LogP contribution is 2.33. The van der Waals surface area contributed by atoms with Gasteiger partial charge in [-0.15, -0.1) is 6.42 Å². The quantitative estimate of drug-likeness (QED) is 0.387. The zero-order chi connectivity index (χ0) is 26.7. The van der Waals surface area contributed by atoms with E-state index in [1.807, 2.05) is 37.8 Å². The molecule has 38 heavy (non-hydrogen) atoms. The number of pyridine rings is 2.